The number of rotatable bonds is 3. The van der Waals surface area contributed by atoms with E-state index in [0.29, 0.717) is 11.8 Å². The third-order valence-electron chi connectivity index (χ3n) is 4.59. The summed E-state index contributed by atoms with van der Waals surface area (Å²) in [4.78, 5) is 4.67. The molecule has 1 N–H and O–H groups in total. The lowest BCUT2D eigenvalue weighted by atomic mass is 9.99. The highest BCUT2D eigenvalue weighted by Crippen LogP contribution is 2.38. The van der Waals surface area contributed by atoms with Crippen LogP contribution in [0.15, 0.2) is 4.52 Å². The van der Waals surface area contributed by atoms with Crippen LogP contribution in [0, 0.1) is 5.92 Å². The molecule has 4 nitrogen and oxygen atoms in total. The minimum Gasteiger partial charge on any atom is -0.339 e. The van der Waals surface area contributed by atoms with Crippen LogP contribution in [-0.2, 0) is 0 Å². The van der Waals surface area contributed by atoms with Gasteiger partial charge in [0.1, 0.15) is 0 Å². The second-order valence-corrected chi connectivity index (χ2v) is 5.82. The quantitative estimate of drug-likeness (QED) is 0.895. The first-order valence-corrected chi connectivity index (χ1v) is 7.41. The minimum absolute atomic E-state index is 0.434. The normalized spacial score (nSPS) is 32.8. The molecule has 1 aliphatic carbocycles. The first-order valence-electron chi connectivity index (χ1n) is 7.41. The summed E-state index contributed by atoms with van der Waals surface area (Å²) in [6.45, 7) is 4.39. The Bertz CT molecular complexity index is 384. The van der Waals surface area contributed by atoms with Crippen molar-refractivity contribution in [2.45, 2.75) is 57.3 Å². The van der Waals surface area contributed by atoms with E-state index in [-0.39, 0.29) is 0 Å². The lowest BCUT2D eigenvalue weighted by Crippen LogP contribution is -2.28. The molecule has 1 saturated carbocycles. The van der Waals surface area contributed by atoms with Crippen LogP contribution >= 0.6 is 0 Å². The maximum Gasteiger partial charge on any atom is 0.231 e. The van der Waals surface area contributed by atoms with Crippen molar-refractivity contribution in [3.8, 4) is 0 Å². The van der Waals surface area contributed by atoms with Crippen LogP contribution in [0.5, 0.6) is 0 Å². The van der Waals surface area contributed by atoms with Crippen LogP contribution in [0.2, 0.25) is 0 Å². The number of nitrogens with one attached hydrogen (secondary N) is 1. The first kappa shape index (κ1) is 12.2. The Balaban J connectivity index is 1.66. The molecule has 1 aromatic heterocycles. The molecule has 3 atom stereocenters. The van der Waals surface area contributed by atoms with E-state index in [4.69, 9.17) is 4.52 Å². The Morgan fingerprint density at radius 2 is 2.22 bits per heavy atom. The van der Waals surface area contributed by atoms with E-state index in [2.05, 4.69) is 22.4 Å². The number of nitrogens with zero attached hydrogens (tertiary/aromatic N) is 2. The van der Waals surface area contributed by atoms with Gasteiger partial charge in [0.05, 0.1) is 5.92 Å². The van der Waals surface area contributed by atoms with Crippen LogP contribution < -0.4 is 5.32 Å². The zero-order chi connectivity index (χ0) is 12.4. The fourth-order valence-corrected chi connectivity index (χ4v) is 3.32. The van der Waals surface area contributed by atoms with Crippen molar-refractivity contribution in [1.29, 1.82) is 0 Å². The second kappa shape index (κ2) is 5.39. The molecule has 4 heteroatoms. The van der Waals surface area contributed by atoms with Crippen molar-refractivity contribution in [1.82, 2.24) is 15.5 Å². The van der Waals surface area contributed by atoms with Crippen molar-refractivity contribution in [3.05, 3.63) is 11.7 Å². The molecular weight excluding hydrogens is 226 g/mol. The summed E-state index contributed by atoms with van der Waals surface area (Å²) in [7, 11) is 0. The van der Waals surface area contributed by atoms with Crippen LogP contribution in [-0.4, -0.2) is 23.2 Å². The maximum atomic E-state index is 5.48. The lowest BCUT2D eigenvalue weighted by molar-refractivity contribution is 0.318. The smallest absolute Gasteiger partial charge is 0.231 e. The van der Waals surface area contributed by atoms with Gasteiger partial charge in [0.2, 0.25) is 5.89 Å². The van der Waals surface area contributed by atoms with Crippen molar-refractivity contribution < 1.29 is 4.52 Å². The zero-order valence-electron chi connectivity index (χ0n) is 11.2. The molecule has 3 rings (SSSR count). The van der Waals surface area contributed by atoms with Crippen molar-refractivity contribution >= 4 is 0 Å². The van der Waals surface area contributed by atoms with Crippen molar-refractivity contribution in [3.63, 3.8) is 0 Å². The highest BCUT2D eigenvalue weighted by atomic mass is 16.5. The summed E-state index contributed by atoms with van der Waals surface area (Å²) in [5.41, 5.74) is 0. The van der Waals surface area contributed by atoms with E-state index in [1.807, 2.05) is 0 Å². The number of piperidine rings is 1. The van der Waals surface area contributed by atoms with E-state index in [1.165, 1.54) is 38.5 Å². The summed E-state index contributed by atoms with van der Waals surface area (Å²) in [5.74, 6) is 3.67. The second-order valence-electron chi connectivity index (χ2n) is 5.82. The molecule has 0 spiro atoms. The van der Waals surface area contributed by atoms with E-state index in [1.54, 1.807) is 0 Å². The van der Waals surface area contributed by atoms with Gasteiger partial charge < -0.3 is 9.84 Å². The van der Waals surface area contributed by atoms with Gasteiger partial charge in [0, 0.05) is 12.5 Å². The molecule has 0 amide bonds. The monoisotopic (exact) mass is 249 g/mol. The van der Waals surface area contributed by atoms with Crippen LogP contribution in [0.3, 0.4) is 0 Å². The number of hydrogen-bond donors (Lipinski definition) is 1. The van der Waals surface area contributed by atoms with Crippen LogP contribution in [0.25, 0.3) is 0 Å². The fraction of sp³-hybridized carbons (Fsp3) is 0.857. The molecular formula is C14H23N3O. The van der Waals surface area contributed by atoms with Gasteiger partial charge in [-0.1, -0.05) is 18.5 Å². The Morgan fingerprint density at radius 1 is 1.28 bits per heavy atom. The SMILES string of the molecule is CCC1CCC(c2noc([C@@H]3CCCNC3)n2)C1. The zero-order valence-corrected chi connectivity index (χ0v) is 11.2. The predicted octanol–water partition coefficient (Wildman–Crippen LogP) is 2.83. The molecule has 2 unspecified atom stereocenters. The van der Waals surface area contributed by atoms with Crippen LogP contribution in [0.1, 0.15) is 69.0 Å². The van der Waals surface area contributed by atoms with Gasteiger partial charge >= 0.3 is 0 Å². The number of aromatic nitrogens is 2. The first-order chi connectivity index (χ1) is 8.86. The fourth-order valence-electron chi connectivity index (χ4n) is 3.32. The topological polar surface area (TPSA) is 51.0 Å². The molecule has 1 saturated heterocycles. The predicted molar refractivity (Wildman–Crippen MR) is 69.5 cm³/mol. The van der Waals surface area contributed by atoms with Gasteiger partial charge in [-0.25, -0.2) is 0 Å². The van der Waals surface area contributed by atoms with E-state index < -0.39 is 0 Å². The number of hydrogen-bond acceptors (Lipinski definition) is 4. The molecule has 0 radical (unpaired) electrons. The molecule has 2 heterocycles. The largest absolute Gasteiger partial charge is 0.339 e. The van der Waals surface area contributed by atoms with Gasteiger partial charge in [-0.2, -0.15) is 4.98 Å². The Hall–Kier alpha value is -0.900. The Labute approximate surface area is 109 Å². The maximum absolute atomic E-state index is 5.48. The van der Waals surface area contributed by atoms with Gasteiger partial charge in [-0.3, -0.25) is 0 Å². The highest BCUT2D eigenvalue weighted by molar-refractivity contribution is 5.03. The van der Waals surface area contributed by atoms with Gasteiger partial charge in [-0.05, 0) is 44.6 Å². The molecule has 100 valence electrons. The molecule has 2 fully saturated rings. The average Bonchev–Trinajstić information content (AvgIpc) is 3.08. The minimum atomic E-state index is 0.434. The van der Waals surface area contributed by atoms with Crippen LogP contribution in [0.4, 0.5) is 0 Å². The highest BCUT2D eigenvalue weighted by Gasteiger charge is 2.29. The van der Waals surface area contributed by atoms with Crippen molar-refractivity contribution in [2.75, 3.05) is 13.1 Å². The van der Waals surface area contributed by atoms with E-state index in [0.717, 1.165) is 30.7 Å². The lowest BCUT2D eigenvalue weighted by Gasteiger charge is -2.18. The van der Waals surface area contributed by atoms with E-state index in [9.17, 15) is 0 Å². The molecule has 18 heavy (non-hydrogen) atoms. The summed E-state index contributed by atoms with van der Waals surface area (Å²) >= 11 is 0. The molecule has 1 aliphatic heterocycles. The molecule has 0 bridgehead atoms. The third kappa shape index (κ3) is 2.44. The standard InChI is InChI=1S/C14H23N3O/c1-2-10-5-6-11(8-10)13-16-14(18-17-13)12-4-3-7-15-9-12/h10-12,15H,2-9H2,1H3/t10?,11?,12-/m1/s1. The van der Waals surface area contributed by atoms with Gasteiger partial charge in [-0.15, -0.1) is 0 Å². The molecule has 1 aromatic rings. The third-order valence-corrected chi connectivity index (χ3v) is 4.59. The molecule has 2 aliphatic rings. The summed E-state index contributed by atoms with van der Waals surface area (Å²) in [6, 6.07) is 0. The molecule has 0 aromatic carbocycles. The Kier molecular flexibility index (Phi) is 3.64. The average molecular weight is 249 g/mol. The summed E-state index contributed by atoms with van der Waals surface area (Å²) in [6.07, 6.45) is 7.49. The summed E-state index contributed by atoms with van der Waals surface area (Å²) in [5, 5.41) is 7.63. The van der Waals surface area contributed by atoms with E-state index >= 15 is 0 Å². The summed E-state index contributed by atoms with van der Waals surface area (Å²) < 4.78 is 5.48. The van der Waals surface area contributed by atoms with Gasteiger partial charge in [0.15, 0.2) is 5.82 Å². The van der Waals surface area contributed by atoms with Crippen molar-refractivity contribution in [2.24, 2.45) is 5.92 Å². The Morgan fingerprint density at radius 3 is 2.94 bits per heavy atom. The van der Waals surface area contributed by atoms with Gasteiger partial charge in [0.25, 0.3) is 0 Å².